The van der Waals surface area contributed by atoms with Crippen molar-refractivity contribution >= 4 is 46.4 Å². The molecule has 1 aliphatic rings. The van der Waals surface area contributed by atoms with Crippen molar-refractivity contribution in [1.82, 2.24) is 10.2 Å². The first-order valence-corrected chi connectivity index (χ1v) is 8.95. The van der Waals surface area contributed by atoms with E-state index < -0.39 is 18.6 Å². The molecule has 1 aliphatic heterocycles. The molecule has 3 aromatic carbocycles. The SMILES string of the molecule is Cl.Cl.FC(F)(F)C[C@H](c1c2ccccc2cc2ccccc12)N1CCNCC1. The molecule has 3 aromatic rings. The Kier molecular flexibility index (Phi) is 7.57. The Morgan fingerprint density at radius 2 is 1.36 bits per heavy atom. The highest BCUT2D eigenvalue weighted by atomic mass is 35.5. The van der Waals surface area contributed by atoms with E-state index in [1.54, 1.807) is 0 Å². The van der Waals surface area contributed by atoms with E-state index in [1.807, 2.05) is 53.4 Å². The van der Waals surface area contributed by atoms with E-state index in [0.717, 1.165) is 40.2 Å². The predicted octanol–water partition coefficient (Wildman–Crippen LogP) is 5.74. The van der Waals surface area contributed by atoms with Gasteiger partial charge in [0, 0.05) is 32.2 Å². The number of hydrogen-bond donors (Lipinski definition) is 1. The van der Waals surface area contributed by atoms with Crippen LogP contribution >= 0.6 is 24.8 Å². The maximum Gasteiger partial charge on any atom is 0.390 e. The molecule has 0 bridgehead atoms. The molecule has 4 rings (SSSR count). The monoisotopic (exact) mass is 430 g/mol. The van der Waals surface area contributed by atoms with Gasteiger partial charge in [-0.25, -0.2) is 0 Å². The average molecular weight is 431 g/mol. The van der Waals surface area contributed by atoms with E-state index in [2.05, 4.69) is 11.4 Å². The normalized spacial score (nSPS) is 16.4. The quantitative estimate of drug-likeness (QED) is 0.533. The maximum atomic E-state index is 13.5. The number of hydrogen-bond acceptors (Lipinski definition) is 2. The van der Waals surface area contributed by atoms with Gasteiger partial charge in [-0.15, -0.1) is 24.8 Å². The van der Waals surface area contributed by atoms with Gasteiger partial charge in [0.2, 0.25) is 0 Å². The first kappa shape index (κ1) is 22.8. The second-order valence-corrected chi connectivity index (χ2v) is 6.85. The summed E-state index contributed by atoms with van der Waals surface area (Å²) >= 11 is 0. The van der Waals surface area contributed by atoms with Crippen LogP contribution in [-0.4, -0.2) is 37.3 Å². The molecule has 0 aliphatic carbocycles. The molecular formula is C21H23Cl2F3N2. The van der Waals surface area contributed by atoms with Crippen LogP contribution in [0.3, 0.4) is 0 Å². The van der Waals surface area contributed by atoms with Crippen molar-refractivity contribution in [3.05, 3.63) is 60.2 Å². The van der Waals surface area contributed by atoms with Crippen LogP contribution < -0.4 is 5.32 Å². The number of benzene rings is 3. The molecule has 1 saturated heterocycles. The van der Waals surface area contributed by atoms with Gasteiger partial charge in [-0.1, -0.05) is 48.5 Å². The van der Waals surface area contributed by atoms with E-state index in [4.69, 9.17) is 0 Å². The molecule has 0 spiro atoms. The summed E-state index contributed by atoms with van der Waals surface area (Å²) in [6.45, 7) is 2.69. The van der Waals surface area contributed by atoms with Gasteiger partial charge in [-0.2, -0.15) is 13.2 Å². The Labute approximate surface area is 174 Å². The van der Waals surface area contributed by atoms with Gasteiger partial charge in [0.15, 0.2) is 0 Å². The number of nitrogens with zero attached hydrogens (tertiary/aromatic N) is 1. The minimum atomic E-state index is -4.21. The number of rotatable bonds is 3. The molecule has 1 fully saturated rings. The minimum Gasteiger partial charge on any atom is -0.314 e. The fourth-order valence-corrected chi connectivity index (χ4v) is 4.03. The van der Waals surface area contributed by atoms with E-state index in [0.29, 0.717) is 13.1 Å². The summed E-state index contributed by atoms with van der Waals surface area (Å²) in [6.07, 6.45) is -5.04. The van der Waals surface area contributed by atoms with Crippen molar-refractivity contribution in [3.63, 3.8) is 0 Å². The lowest BCUT2D eigenvalue weighted by atomic mass is 9.89. The van der Waals surface area contributed by atoms with E-state index in [1.165, 1.54) is 0 Å². The molecule has 0 aromatic heterocycles. The van der Waals surface area contributed by atoms with Crippen molar-refractivity contribution in [2.75, 3.05) is 26.2 Å². The lowest BCUT2D eigenvalue weighted by Gasteiger charge is -2.36. The number of alkyl halides is 3. The largest absolute Gasteiger partial charge is 0.390 e. The second-order valence-electron chi connectivity index (χ2n) is 6.85. The summed E-state index contributed by atoms with van der Waals surface area (Å²) in [7, 11) is 0. The molecule has 152 valence electrons. The Morgan fingerprint density at radius 3 is 1.86 bits per heavy atom. The minimum absolute atomic E-state index is 0. The van der Waals surface area contributed by atoms with Crippen LogP contribution in [0.4, 0.5) is 13.2 Å². The number of halogens is 5. The standard InChI is InChI=1S/C21H21F3N2.2ClH/c22-21(23,24)14-19(26-11-9-25-10-12-26)20-17-7-3-1-5-15(17)13-16-6-2-4-8-18(16)20;;/h1-8,13,19,25H,9-12,14H2;2*1H/t19-;;/m1../s1. The molecule has 0 saturated carbocycles. The highest BCUT2D eigenvalue weighted by molar-refractivity contribution is 6.02. The number of fused-ring (bicyclic) bond motifs is 2. The topological polar surface area (TPSA) is 15.3 Å². The first-order valence-electron chi connectivity index (χ1n) is 8.95. The van der Waals surface area contributed by atoms with Crippen LogP contribution in [0.25, 0.3) is 21.5 Å². The van der Waals surface area contributed by atoms with Crippen molar-refractivity contribution < 1.29 is 13.2 Å². The fourth-order valence-electron chi connectivity index (χ4n) is 4.03. The zero-order valence-corrected chi connectivity index (χ0v) is 16.8. The molecule has 28 heavy (non-hydrogen) atoms. The summed E-state index contributed by atoms with van der Waals surface area (Å²) < 4.78 is 40.5. The predicted molar refractivity (Wildman–Crippen MR) is 114 cm³/mol. The smallest absolute Gasteiger partial charge is 0.314 e. The first-order chi connectivity index (χ1) is 12.5. The van der Waals surface area contributed by atoms with Crippen molar-refractivity contribution in [1.29, 1.82) is 0 Å². The van der Waals surface area contributed by atoms with Crippen LogP contribution in [0, 0.1) is 0 Å². The van der Waals surface area contributed by atoms with Crippen LogP contribution in [-0.2, 0) is 0 Å². The van der Waals surface area contributed by atoms with Gasteiger partial charge in [0.25, 0.3) is 0 Å². The second kappa shape index (κ2) is 9.31. The van der Waals surface area contributed by atoms with Crippen LogP contribution in [0.2, 0.25) is 0 Å². The van der Waals surface area contributed by atoms with Crippen LogP contribution in [0.1, 0.15) is 18.0 Å². The molecule has 1 atom stereocenters. The van der Waals surface area contributed by atoms with E-state index in [-0.39, 0.29) is 24.8 Å². The van der Waals surface area contributed by atoms with Gasteiger partial charge in [-0.05, 0) is 33.2 Å². The summed E-state index contributed by atoms with van der Waals surface area (Å²) in [4.78, 5) is 1.98. The highest BCUT2D eigenvalue weighted by Crippen LogP contribution is 2.41. The van der Waals surface area contributed by atoms with Gasteiger partial charge in [-0.3, -0.25) is 4.90 Å². The number of nitrogens with one attached hydrogen (secondary N) is 1. The van der Waals surface area contributed by atoms with Gasteiger partial charge < -0.3 is 5.32 Å². The van der Waals surface area contributed by atoms with Crippen molar-refractivity contribution in [2.24, 2.45) is 0 Å². The lowest BCUT2D eigenvalue weighted by Crippen LogP contribution is -2.46. The highest BCUT2D eigenvalue weighted by Gasteiger charge is 2.37. The summed E-state index contributed by atoms with van der Waals surface area (Å²) in [6, 6.07) is 16.9. The molecule has 0 amide bonds. The molecule has 1 N–H and O–H groups in total. The molecule has 0 unspecified atom stereocenters. The zero-order chi connectivity index (χ0) is 18.1. The Morgan fingerprint density at radius 1 is 0.857 bits per heavy atom. The summed E-state index contributed by atoms with van der Waals surface area (Å²) in [5, 5.41) is 7.05. The number of piperazine rings is 1. The molecular weight excluding hydrogens is 408 g/mol. The lowest BCUT2D eigenvalue weighted by molar-refractivity contribution is -0.148. The van der Waals surface area contributed by atoms with Crippen molar-refractivity contribution in [2.45, 2.75) is 18.6 Å². The zero-order valence-electron chi connectivity index (χ0n) is 15.2. The van der Waals surface area contributed by atoms with E-state index in [9.17, 15) is 13.2 Å². The summed E-state index contributed by atoms with van der Waals surface area (Å²) in [5.74, 6) is 0. The Hall–Kier alpha value is -1.53. The Balaban J connectivity index is 0.00000140. The third-order valence-corrected chi connectivity index (χ3v) is 5.16. The van der Waals surface area contributed by atoms with Gasteiger partial charge >= 0.3 is 6.18 Å². The van der Waals surface area contributed by atoms with Crippen LogP contribution in [0.15, 0.2) is 54.6 Å². The van der Waals surface area contributed by atoms with E-state index >= 15 is 0 Å². The molecule has 0 radical (unpaired) electrons. The van der Waals surface area contributed by atoms with Gasteiger partial charge in [0.1, 0.15) is 0 Å². The molecule has 1 heterocycles. The summed E-state index contributed by atoms with van der Waals surface area (Å²) in [5.41, 5.74) is 0.804. The van der Waals surface area contributed by atoms with Crippen molar-refractivity contribution in [3.8, 4) is 0 Å². The maximum absolute atomic E-state index is 13.5. The molecule has 7 heteroatoms. The van der Waals surface area contributed by atoms with Gasteiger partial charge in [0.05, 0.1) is 6.42 Å². The third kappa shape index (κ3) is 4.71. The Bertz CT molecular complexity index is 870. The third-order valence-electron chi connectivity index (χ3n) is 5.16. The average Bonchev–Trinajstić information content (AvgIpc) is 2.64. The van der Waals surface area contributed by atoms with Crippen LogP contribution in [0.5, 0.6) is 0 Å². The fraction of sp³-hybridized carbons (Fsp3) is 0.333. The molecule has 2 nitrogen and oxygen atoms in total.